The molecule has 0 saturated carbocycles. The highest BCUT2D eigenvalue weighted by Gasteiger charge is 2.30. The summed E-state index contributed by atoms with van der Waals surface area (Å²) < 4.78 is 40.7. The zero-order chi connectivity index (χ0) is 20.6. The van der Waals surface area contributed by atoms with Crippen LogP contribution < -0.4 is 5.69 Å². The lowest BCUT2D eigenvalue weighted by molar-refractivity contribution is -0.137. The van der Waals surface area contributed by atoms with Crippen molar-refractivity contribution in [2.75, 3.05) is 13.6 Å². The van der Waals surface area contributed by atoms with Gasteiger partial charge in [-0.05, 0) is 43.5 Å². The van der Waals surface area contributed by atoms with Gasteiger partial charge >= 0.3 is 11.9 Å². The van der Waals surface area contributed by atoms with Crippen LogP contribution >= 0.6 is 11.6 Å². The maximum Gasteiger partial charge on any atom is 0.416 e. The molecule has 0 saturated heterocycles. The number of hydrogen-bond acceptors (Lipinski definition) is 4. The number of allylic oxidation sites excluding steroid dienone is 2. The number of ketones is 1. The lowest BCUT2D eigenvalue weighted by Crippen LogP contribution is -2.26. The average molecular weight is 413 g/mol. The lowest BCUT2D eigenvalue weighted by Gasteiger charge is -2.20. The van der Waals surface area contributed by atoms with Crippen molar-refractivity contribution in [1.29, 1.82) is 0 Å². The summed E-state index contributed by atoms with van der Waals surface area (Å²) >= 11 is 6.33. The zero-order valence-electron chi connectivity index (χ0n) is 15.0. The fourth-order valence-corrected chi connectivity index (χ4v) is 3.11. The van der Waals surface area contributed by atoms with E-state index in [0.717, 1.165) is 21.4 Å². The predicted octanol–water partition coefficient (Wildman–Crippen LogP) is 3.05. The first-order chi connectivity index (χ1) is 13.1. The van der Waals surface area contributed by atoms with E-state index in [2.05, 4.69) is 5.10 Å². The van der Waals surface area contributed by atoms with Gasteiger partial charge in [0.15, 0.2) is 11.6 Å². The standard InChI is InChI=1S/C18H16ClF3N4O2/c1-11(27)9-25-17(28)26(13-5-3-12(4-6-13)18(20,21)22)16(23-25)14-7-8-24(2)10-15(14)19/h3-8H,9-10H2,1-2H3. The van der Waals surface area contributed by atoms with Crippen LogP contribution in [0.2, 0.25) is 0 Å². The first-order valence-electron chi connectivity index (χ1n) is 8.22. The van der Waals surface area contributed by atoms with Crippen molar-refractivity contribution in [3.05, 3.63) is 63.4 Å². The van der Waals surface area contributed by atoms with E-state index in [1.807, 2.05) is 11.9 Å². The van der Waals surface area contributed by atoms with Gasteiger partial charge in [0.1, 0.15) is 6.54 Å². The summed E-state index contributed by atoms with van der Waals surface area (Å²) in [4.78, 5) is 26.1. The summed E-state index contributed by atoms with van der Waals surface area (Å²) in [5.74, 6) is -0.134. The van der Waals surface area contributed by atoms with Gasteiger partial charge in [-0.1, -0.05) is 11.6 Å². The highest BCUT2D eigenvalue weighted by Crippen LogP contribution is 2.30. The topological polar surface area (TPSA) is 60.1 Å². The number of carbonyl (C=O) groups excluding carboxylic acids is 1. The van der Waals surface area contributed by atoms with Gasteiger partial charge in [-0.25, -0.2) is 14.0 Å². The summed E-state index contributed by atoms with van der Waals surface area (Å²) in [6.07, 6.45) is -1.09. The molecule has 0 aliphatic carbocycles. The molecule has 28 heavy (non-hydrogen) atoms. The number of aromatic nitrogens is 3. The van der Waals surface area contributed by atoms with E-state index in [4.69, 9.17) is 11.6 Å². The zero-order valence-corrected chi connectivity index (χ0v) is 15.8. The summed E-state index contributed by atoms with van der Waals surface area (Å²) in [6.45, 7) is 1.44. The van der Waals surface area contributed by atoms with Crippen molar-refractivity contribution in [2.24, 2.45) is 0 Å². The van der Waals surface area contributed by atoms with Crippen molar-refractivity contribution in [2.45, 2.75) is 19.6 Å². The molecule has 2 heterocycles. The summed E-state index contributed by atoms with van der Waals surface area (Å²) in [7, 11) is 1.81. The van der Waals surface area contributed by atoms with Crippen LogP contribution in [-0.2, 0) is 17.5 Å². The Morgan fingerprint density at radius 3 is 2.43 bits per heavy atom. The summed E-state index contributed by atoms with van der Waals surface area (Å²) in [5, 5.41) is 4.62. The second-order valence-electron chi connectivity index (χ2n) is 6.40. The summed E-state index contributed by atoms with van der Waals surface area (Å²) in [6, 6.07) is 4.13. The van der Waals surface area contributed by atoms with Crippen LogP contribution in [-0.4, -0.2) is 38.6 Å². The van der Waals surface area contributed by atoms with Crippen LogP contribution in [0.15, 0.2) is 46.4 Å². The van der Waals surface area contributed by atoms with Crippen LogP contribution in [0.5, 0.6) is 0 Å². The van der Waals surface area contributed by atoms with Crippen LogP contribution in [0.3, 0.4) is 0 Å². The van der Waals surface area contributed by atoms with Crippen LogP contribution in [0.4, 0.5) is 13.2 Å². The molecule has 1 aliphatic heterocycles. The van der Waals surface area contributed by atoms with E-state index in [1.165, 1.54) is 19.1 Å². The van der Waals surface area contributed by atoms with Gasteiger partial charge in [-0.3, -0.25) is 4.79 Å². The molecule has 1 aromatic heterocycles. The highest BCUT2D eigenvalue weighted by atomic mass is 35.5. The van der Waals surface area contributed by atoms with Gasteiger partial charge in [-0.2, -0.15) is 13.2 Å². The number of nitrogens with zero attached hydrogens (tertiary/aromatic N) is 4. The number of rotatable bonds is 4. The molecule has 0 unspecified atom stereocenters. The van der Waals surface area contributed by atoms with Crippen molar-refractivity contribution < 1.29 is 18.0 Å². The highest BCUT2D eigenvalue weighted by molar-refractivity contribution is 6.33. The van der Waals surface area contributed by atoms with Gasteiger partial charge < -0.3 is 4.90 Å². The van der Waals surface area contributed by atoms with Crippen LogP contribution in [0, 0.1) is 0 Å². The smallest absolute Gasteiger partial charge is 0.375 e. The van der Waals surface area contributed by atoms with Crippen molar-refractivity contribution in [3.8, 4) is 5.69 Å². The third kappa shape index (κ3) is 3.89. The molecule has 0 N–H and O–H groups in total. The normalized spacial score (nSPS) is 14.7. The number of halogens is 4. The fraction of sp³-hybridized carbons (Fsp3) is 0.278. The number of Topliss-reactive ketones (excluding diaryl/α,β-unsaturated/α-hetero) is 1. The lowest BCUT2D eigenvalue weighted by atomic mass is 10.1. The van der Waals surface area contributed by atoms with Crippen molar-refractivity contribution in [3.63, 3.8) is 0 Å². The molecule has 0 amide bonds. The molecule has 1 aliphatic rings. The Labute approximate surface area is 163 Å². The molecule has 0 radical (unpaired) electrons. The Bertz CT molecular complexity index is 1030. The maximum absolute atomic E-state index is 12.8. The first-order valence-corrected chi connectivity index (χ1v) is 8.60. The molecule has 0 atom stereocenters. The molecule has 0 bridgehead atoms. The Balaban J connectivity index is 2.18. The van der Waals surface area contributed by atoms with E-state index < -0.39 is 17.4 Å². The number of benzene rings is 1. The summed E-state index contributed by atoms with van der Waals surface area (Å²) in [5.41, 5.74) is -0.834. The van der Waals surface area contributed by atoms with E-state index in [1.54, 1.807) is 12.3 Å². The van der Waals surface area contributed by atoms with Crippen LogP contribution in [0.25, 0.3) is 11.3 Å². The molecule has 148 valence electrons. The third-order valence-electron chi connectivity index (χ3n) is 4.08. The Hall–Kier alpha value is -2.81. The average Bonchev–Trinajstić information content (AvgIpc) is 2.90. The molecule has 0 fully saturated rings. The molecule has 3 rings (SSSR count). The van der Waals surface area contributed by atoms with Gasteiger partial charge in [0.25, 0.3) is 0 Å². The van der Waals surface area contributed by atoms with Gasteiger partial charge in [0.05, 0.1) is 17.8 Å². The molecule has 2 aromatic rings. The maximum atomic E-state index is 12.8. The molecule has 1 aromatic carbocycles. The van der Waals surface area contributed by atoms with Crippen LogP contribution in [0.1, 0.15) is 18.3 Å². The van der Waals surface area contributed by atoms with Gasteiger partial charge in [-0.15, -0.1) is 5.10 Å². The van der Waals surface area contributed by atoms with E-state index in [9.17, 15) is 22.8 Å². The fourth-order valence-electron chi connectivity index (χ4n) is 2.77. The van der Waals surface area contributed by atoms with Crippen molar-refractivity contribution in [1.82, 2.24) is 19.2 Å². The molecule has 6 nitrogen and oxygen atoms in total. The quantitative estimate of drug-likeness (QED) is 0.774. The second kappa shape index (κ2) is 7.31. The number of likely N-dealkylation sites (N-methyl/N-ethyl adjacent to an activating group) is 1. The minimum atomic E-state index is -4.49. The van der Waals surface area contributed by atoms with Gasteiger partial charge in [0, 0.05) is 17.7 Å². The number of carbonyl (C=O) groups is 1. The van der Waals surface area contributed by atoms with Gasteiger partial charge in [0.2, 0.25) is 0 Å². The van der Waals surface area contributed by atoms with E-state index in [0.29, 0.717) is 17.2 Å². The monoisotopic (exact) mass is 412 g/mol. The Morgan fingerprint density at radius 1 is 1.25 bits per heavy atom. The molecular formula is C18H16ClF3N4O2. The van der Waals surface area contributed by atoms with Crippen molar-refractivity contribution >= 4 is 23.0 Å². The Morgan fingerprint density at radius 2 is 1.89 bits per heavy atom. The first kappa shape index (κ1) is 19.9. The molecule has 0 spiro atoms. The van der Waals surface area contributed by atoms with E-state index >= 15 is 0 Å². The largest absolute Gasteiger partial charge is 0.416 e. The SMILES string of the molecule is CC(=O)Cn1nc(C2=C(Cl)CN(C)C=C2)n(-c2ccc(C(F)(F)F)cc2)c1=O. The Kier molecular flexibility index (Phi) is 5.20. The third-order valence-corrected chi connectivity index (χ3v) is 4.40. The minimum absolute atomic E-state index is 0.153. The second-order valence-corrected chi connectivity index (χ2v) is 6.85. The number of alkyl halides is 3. The van der Waals surface area contributed by atoms with E-state index in [-0.39, 0.29) is 23.8 Å². The molecular weight excluding hydrogens is 397 g/mol. The predicted molar refractivity (Wildman–Crippen MR) is 98.1 cm³/mol. The number of hydrogen-bond donors (Lipinski definition) is 0. The minimum Gasteiger partial charge on any atom is -0.375 e. The molecule has 10 heteroatoms.